The van der Waals surface area contributed by atoms with Gasteiger partial charge in [0, 0.05) is 22.2 Å². The van der Waals surface area contributed by atoms with Crippen LogP contribution in [0, 0.1) is 6.92 Å². The number of aliphatic hydroxyl groups is 1. The van der Waals surface area contributed by atoms with Crippen molar-refractivity contribution in [1.82, 2.24) is 4.98 Å². The van der Waals surface area contributed by atoms with Crippen LogP contribution < -0.4 is 0 Å². The van der Waals surface area contributed by atoms with Crippen LogP contribution in [0.15, 0.2) is 54.7 Å². The fraction of sp³-hybridized carbons (Fsp3) is 0.118. The van der Waals surface area contributed by atoms with E-state index in [0.29, 0.717) is 5.02 Å². The predicted molar refractivity (Wildman–Crippen MR) is 82.0 cm³/mol. The number of aromatic nitrogens is 1. The lowest BCUT2D eigenvalue weighted by Crippen LogP contribution is -2.01. The van der Waals surface area contributed by atoms with E-state index >= 15 is 0 Å². The van der Waals surface area contributed by atoms with Crippen molar-refractivity contribution in [2.75, 3.05) is 0 Å². The van der Waals surface area contributed by atoms with Crippen molar-refractivity contribution in [2.24, 2.45) is 0 Å². The Morgan fingerprint density at radius 3 is 2.70 bits per heavy atom. The number of nitrogens with zero attached hydrogens (tertiary/aromatic N) is 1. The quantitative estimate of drug-likeness (QED) is 0.761. The lowest BCUT2D eigenvalue weighted by molar-refractivity contribution is 0.221. The minimum absolute atomic E-state index is 0.704. The molecule has 2 nitrogen and oxygen atoms in total. The Hall–Kier alpha value is -1.90. The third kappa shape index (κ3) is 2.28. The molecule has 1 N–H and O–H groups in total. The molecule has 0 aliphatic heterocycles. The Labute approximate surface area is 122 Å². The van der Waals surface area contributed by atoms with Gasteiger partial charge in [0.2, 0.25) is 0 Å². The van der Waals surface area contributed by atoms with Crippen LogP contribution in [0.3, 0.4) is 0 Å². The summed E-state index contributed by atoms with van der Waals surface area (Å²) < 4.78 is 0. The van der Waals surface area contributed by atoms with Crippen molar-refractivity contribution in [1.29, 1.82) is 0 Å². The number of pyridine rings is 1. The molecular formula is C17H14ClNO. The van der Waals surface area contributed by atoms with Crippen LogP contribution in [-0.2, 0) is 0 Å². The number of benzene rings is 2. The average molecular weight is 284 g/mol. The highest BCUT2D eigenvalue weighted by Gasteiger charge is 2.14. The maximum absolute atomic E-state index is 10.6. The molecule has 1 atom stereocenters. The van der Waals surface area contributed by atoms with Gasteiger partial charge in [-0.05, 0) is 30.2 Å². The number of halogens is 1. The van der Waals surface area contributed by atoms with E-state index < -0.39 is 6.10 Å². The van der Waals surface area contributed by atoms with Gasteiger partial charge in [0.1, 0.15) is 6.10 Å². The molecule has 0 amide bonds. The molecule has 1 aromatic heterocycles. The molecule has 0 radical (unpaired) electrons. The summed E-state index contributed by atoms with van der Waals surface area (Å²) in [6.45, 7) is 1.93. The summed E-state index contributed by atoms with van der Waals surface area (Å²) in [4.78, 5) is 4.38. The molecule has 100 valence electrons. The number of para-hydroxylation sites is 1. The summed E-state index contributed by atoms with van der Waals surface area (Å²) in [5.41, 5.74) is 3.42. The normalized spacial score (nSPS) is 12.6. The molecule has 0 fully saturated rings. The summed E-state index contributed by atoms with van der Waals surface area (Å²) in [6, 6.07) is 15.3. The Bertz CT molecular complexity index is 765. The van der Waals surface area contributed by atoms with Crippen molar-refractivity contribution in [2.45, 2.75) is 13.0 Å². The van der Waals surface area contributed by atoms with Crippen LogP contribution in [0.1, 0.15) is 22.8 Å². The lowest BCUT2D eigenvalue weighted by atomic mass is 9.98. The molecule has 3 heteroatoms. The monoisotopic (exact) mass is 283 g/mol. The van der Waals surface area contributed by atoms with E-state index in [1.54, 1.807) is 6.20 Å². The van der Waals surface area contributed by atoms with E-state index in [1.165, 1.54) is 0 Å². The molecule has 0 saturated heterocycles. The molecule has 0 saturated carbocycles. The number of hydrogen-bond acceptors (Lipinski definition) is 2. The molecule has 3 rings (SSSR count). The molecule has 1 unspecified atom stereocenters. The lowest BCUT2D eigenvalue weighted by Gasteiger charge is -2.14. The smallest absolute Gasteiger partial charge is 0.106 e. The first-order chi connectivity index (χ1) is 9.66. The zero-order valence-electron chi connectivity index (χ0n) is 11.0. The van der Waals surface area contributed by atoms with E-state index in [4.69, 9.17) is 11.6 Å². The van der Waals surface area contributed by atoms with E-state index in [-0.39, 0.29) is 0 Å². The summed E-state index contributed by atoms with van der Waals surface area (Å²) >= 11 is 6.03. The van der Waals surface area contributed by atoms with Crippen molar-refractivity contribution in [3.8, 4) is 0 Å². The summed E-state index contributed by atoms with van der Waals surface area (Å²) in [5, 5.41) is 12.4. The standard InChI is InChI=1S/C17H14ClNO/c1-11-10-13(7-8-15(11)18)17(20)14-6-2-4-12-5-3-9-19-16(12)14/h2-10,17,20H,1H3. The zero-order chi connectivity index (χ0) is 14.1. The van der Waals surface area contributed by atoms with Crippen LogP contribution >= 0.6 is 11.6 Å². The van der Waals surface area contributed by atoms with Gasteiger partial charge in [-0.2, -0.15) is 0 Å². The third-order valence-corrected chi connectivity index (χ3v) is 3.88. The Kier molecular flexibility index (Phi) is 3.43. The van der Waals surface area contributed by atoms with Gasteiger partial charge in [0.05, 0.1) is 5.52 Å². The first-order valence-electron chi connectivity index (χ1n) is 6.44. The number of fused-ring (bicyclic) bond motifs is 1. The molecular weight excluding hydrogens is 270 g/mol. The highest BCUT2D eigenvalue weighted by molar-refractivity contribution is 6.31. The number of hydrogen-bond donors (Lipinski definition) is 1. The van der Waals surface area contributed by atoms with Crippen molar-refractivity contribution in [3.63, 3.8) is 0 Å². The van der Waals surface area contributed by atoms with Gasteiger partial charge >= 0.3 is 0 Å². The molecule has 0 aliphatic rings. The van der Waals surface area contributed by atoms with Crippen molar-refractivity contribution < 1.29 is 5.11 Å². The maximum atomic E-state index is 10.6. The highest BCUT2D eigenvalue weighted by atomic mass is 35.5. The third-order valence-electron chi connectivity index (χ3n) is 3.46. The topological polar surface area (TPSA) is 33.1 Å². The maximum Gasteiger partial charge on any atom is 0.106 e. The highest BCUT2D eigenvalue weighted by Crippen LogP contribution is 2.29. The van der Waals surface area contributed by atoms with Gasteiger partial charge in [-0.3, -0.25) is 4.98 Å². The Morgan fingerprint density at radius 2 is 1.90 bits per heavy atom. The van der Waals surface area contributed by atoms with E-state index in [0.717, 1.165) is 27.6 Å². The van der Waals surface area contributed by atoms with Gasteiger partial charge < -0.3 is 5.11 Å². The molecule has 0 aliphatic carbocycles. The Morgan fingerprint density at radius 1 is 1.10 bits per heavy atom. The van der Waals surface area contributed by atoms with Crippen LogP contribution in [0.2, 0.25) is 5.02 Å². The molecule has 0 spiro atoms. The fourth-order valence-electron chi connectivity index (χ4n) is 2.37. The first kappa shape index (κ1) is 13.1. The second kappa shape index (κ2) is 5.23. The second-order valence-electron chi connectivity index (χ2n) is 4.83. The SMILES string of the molecule is Cc1cc(C(O)c2cccc3cccnc23)ccc1Cl. The van der Waals surface area contributed by atoms with Crippen LogP contribution in [-0.4, -0.2) is 10.1 Å². The van der Waals surface area contributed by atoms with Crippen LogP contribution in [0.25, 0.3) is 10.9 Å². The van der Waals surface area contributed by atoms with Gasteiger partial charge in [-0.25, -0.2) is 0 Å². The molecule has 0 bridgehead atoms. The number of rotatable bonds is 2. The van der Waals surface area contributed by atoms with E-state index in [9.17, 15) is 5.11 Å². The summed E-state index contributed by atoms with van der Waals surface area (Å²) in [5.74, 6) is 0. The van der Waals surface area contributed by atoms with Gasteiger partial charge in [0.25, 0.3) is 0 Å². The van der Waals surface area contributed by atoms with Crippen molar-refractivity contribution >= 4 is 22.5 Å². The van der Waals surface area contributed by atoms with E-state index in [2.05, 4.69) is 4.98 Å². The van der Waals surface area contributed by atoms with Gasteiger partial charge in [-0.1, -0.05) is 48.0 Å². The molecule has 2 aromatic carbocycles. The number of aliphatic hydroxyl groups excluding tert-OH is 1. The predicted octanol–water partition coefficient (Wildman–Crippen LogP) is 4.28. The zero-order valence-corrected chi connectivity index (χ0v) is 11.8. The largest absolute Gasteiger partial charge is 0.384 e. The summed E-state index contributed by atoms with van der Waals surface area (Å²) in [6.07, 6.45) is 1.04. The number of aryl methyl sites for hydroxylation is 1. The van der Waals surface area contributed by atoms with Crippen LogP contribution in [0.5, 0.6) is 0 Å². The van der Waals surface area contributed by atoms with Gasteiger partial charge in [0.15, 0.2) is 0 Å². The fourth-order valence-corrected chi connectivity index (χ4v) is 2.48. The minimum atomic E-state index is -0.704. The minimum Gasteiger partial charge on any atom is -0.384 e. The van der Waals surface area contributed by atoms with Gasteiger partial charge in [-0.15, -0.1) is 0 Å². The van der Waals surface area contributed by atoms with E-state index in [1.807, 2.05) is 55.5 Å². The second-order valence-corrected chi connectivity index (χ2v) is 5.24. The van der Waals surface area contributed by atoms with Crippen molar-refractivity contribution in [3.05, 3.63) is 76.4 Å². The Balaban J connectivity index is 2.12. The van der Waals surface area contributed by atoms with Crippen LogP contribution in [0.4, 0.5) is 0 Å². The first-order valence-corrected chi connectivity index (χ1v) is 6.82. The molecule has 1 heterocycles. The summed E-state index contributed by atoms with van der Waals surface area (Å²) in [7, 11) is 0. The molecule has 3 aromatic rings. The molecule has 20 heavy (non-hydrogen) atoms. The average Bonchev–Trinajstić information content (AvgIpc) is 2.49.